The fourth-order valence-corrected chi connectivity index (χ4v) is 1.53. The van der Waals surface area contributed by atoms with E-state index in [0.717, 1.165) is 0 Å². The topological polar surface area (TPSA) is 9.23 Å². The molecule has 2 aliphatic heterocycles. The molecule has 0 spiro atoms. The number of ether oxygens (including phenoxy) is 1. The lowest BCUT2D eigenvalue weighted by Crippen LogP contribution is -2.16. The van der Waals surface area contributed by atoms with Crippen LogP contribution in [0.1, 0.15) is 25.7 Å². The first kappa shape index (κ1) is 5.59. The Morgan fingerprint density at radius 2 is 1.22 bits per heavy atom. The zero-order valence-electron chi connectivity index (χ0n) is 4.99. The van der Waals surface area contributed by atoms with Gasteiger partial charge in [-0.3, -0.25) is 0 Å². The normalized spacial score (nSPS) is 56.7. The Labute approximate surface area is 52.0 Å². The van der Waals surface area contributed by atoms with Crippen molar-refractivity contribution in [3.63, 3.8) is 0 Å². The molecular weight excluding hydrogens is 126 g/mol. The first-order valence-corrected chi connectivity index (χ1v) is 3.20. The molecule has 0 radical (unpaired) electrons. The van der Waals surface area contributed by atoms with Crippen molar-refractivity contribution in [2.75, 3.05) is 0 Å². The highest BCUT2D eigenvalue weighted by atomic mass is 19.2. The molecule has 2 aliphatic rings. The van der Waals surface area contributed by atoms with Gasteiger partial charge in [0.25, 0.3) is 0 Å². The average molecular weight is 134 g/mol. The summed E-state index contributed by atoms with van der Waals surface area (Å²) in [6.45, 7) is 0. The summed E-state index contributed by atoms with van der Waals surface area (Å²) in [5, 5.41) is 0. The fourth-order valence-electron chi connectivity index (χ4n) is 1.53. The van der Waals surface area contributed by atoms with Crippen LogP contribution in [-0.2, 0) is 4.74 Å². The lowest BCUT2D eigenvalue weighted by Gasteiger charge is -2.10. The van der Waals surface area contributed by atoms with E-state index in [1.165, 1.54) is 0 Å². The monoisotopic (exact) mass is 134 g/mol. The second kappa shape index (κ2) is 1.29. The molecule has 0 atom stereocenters. The molecule has 0 amide bonds. The summed E-state index contributed by atoms with van der Waals surface area (Å²) < 4.78 is 30.2. The van der Waals surface area contributed by atoms with Gasteiger partial charge in [0.05, 0.1) is 0 Å². The van der Waals surface area contributed by atoms with Crippen LogP contribution in [0.2, 0.25) is 0 Å². The van der Waals surface area contributed by atoms with E-state index < -0.39 is 11.7 Å². The van der Waals surface area contributed by atoms with Crippen molar-refractivity contribution in [2.45, 2.75) is 37.4 Å². The maximum atomic E-state index is 12.9. The highest BCUT2D eigenvalue weighted by Gasteiger charge is 2.57. The summed E-state index contributed by atoms with van der Waals surface area (Å²) in [5.41, 5.74) is 0. The highest BCUT2D eigenvalue weighted by molar-refractivity contribution is 4.93. The lowest BCUT2D eigenvalue weighted by atomic mass is 9.97. The van der Waals surface area contributed by atoms with Gasteiger partial charge in [-0.2, -0.15) is 0 Å². The minimum absolute atomic E-state index is 0.240. The van der Waals surface area contributed by atoms with Gasteiger partial charge in [-0.15, -0.1) is 0 Å². The van der Waals surface area contributed by atoms with Crippen LogP contribution < -0.4 is 0 Å². The van der Waals surface area contributed by atoms with E-state index in [4.69, 9.17) is 0 Å². The summed E-state index contributed by atoms with van der Waals surface area (Å²) in [6.07, 6.45) is 0.958. The third-order valence-electron chi connectivity index (χ3n) is 2.11. The van der Waals surface area contributed by atoms with Crippen LogP contribution in [-0.4, -0.2) is 11.7 Å². The van der Waals surface area contributed by atoms with Crippen LogP contribution in [0, 0.1) is 0 Å². The standard InChI is InChI=1S/C6H8F2O/c7-5-1-2-6(8,9-5)4-3-5/h1-4H2. The second-order valence-corrected chi connectivity index (χ2v) is 2.87. The SMILES string of the molecule is FC12CCC(F)(CC1)O2. The van der Waals surface area contributed by atoms with Gasteiger partial charge in [-0.05, 0) is 0 Å². The van der Waals surface area contributed by atoms with Crippen LogP contribution in [0.4, 0.5) is 8.78 Å². The molecule has 0 unspecified atom stereocenters. The number of rotatable bonds is 0. The van der Waals surface area contributed by atoms with Crippen LogP contribution in [0.3, 0.4) is 0 Å². The van der Waals surface area contributed by atoms with Gasteiger partial charge >= 0.3 is 0 Å². The molecule has 1 nitrogen and oxygen atoms in total. The quantitative estimate of drug-likeness (QED) is 0.491. The summed E-state index contributed by atoms with van der Waals surface area (Å²) in [7, 11) is 0. The average Bonchev–Trinajstić information content (AvgIpc) is 2.19. The van der Waals surface area contributed by atoms with Crippen LogP contribution in [0.15, 0.2) is 0 Å². The molecule has 0 aromatic rings. The summed E-state index contributed by atoms with van der Waals surface area (Å²) in [5.74, 6) is -3.20. The van der Waals surface area contributed by atoms with Crippen LogP contribution in [0.5, 0.6) is 0 Å². The van der Waals surface area contributed by atoms with E-state index in [1.807, 2.05) is 0 Å². The summed E-state index contributed by atoms with van der Waals surface area (Å²) in [6, 6.07) is 0. The van der Waals surface area contributed by atoms with Crippen molar-refractivity contribution in [2.24, 2.45) is 0 Å². The van der Waals surface area contributed by atoms with E-state index in [0.29, 0.717) is 0 Å². The Balaban J connectivity index is 2.25. The smallest absolute Gasteiger partial charge is 0.212 e. The molecule has 2 rings (SSSR count). The number of fused-ring (bicyclic) bond motifs is 2. The van der Waals surface area contributed by atoms with Crippen molar-refractivity contribution in [1.82, 2.24) is 0 Å². The van der Waals surface area contributed by atoms with E-state index in [-0.39, 0.29) is 25.7 Å². The fraction of sp³-hybridized carbons (Fsp3) is 1.00. The molecule has 2 saturated heterocycles. The first-order valence-electron chi connectivity index (χ1n) is 3.20. The van der Waals surface area contributed by atoms with Gasteiger partial charge in [-0.25, -0.2) is 8.78 Å². The second-order valence-electron chi connectivity index (χ2n) is 2.87. The largest absolute Gasteiger partial charge is 0.309 e. The minimum Gasteiger partial charge on any atom is -0.309 e. The van der Waals surface area contributed by atoms with Gasteiger partial charge < -0.3 is 4.74 Å². The Bertz CT molecular complexity index is 122. The molecule has 3 heteroatoms. The molecule has 0 aliphatic carbocycles. The summed E-state index contributed by atoms with van der Waals surface area (Å²) in [4.78, 5) is 0. The van der Waals surface area contributed by atoms with Gasteiger partial charge in [0.15, 0.2) is 0 Å². The number of hydrogen-bond donors (Lipinski definition) is 0. The van der Waals surface area contributed by atoms with Crippen LogP contribution >= 0.6 is 0 Å². The molecule has 0 N–H and O–H groups in total. The van der Waals surface area contributed by atoms with Crippen molar-refractivity contribution in [3.05, 3.63) is 0 Å². The molecule has 9 heavy (non-hydrogen) atoms. The van der Waals surface area contributed by atoms with E-state index >= 15 is 0 Å². The summed E-state index contributed by atoms with van der Waals surface area (Å²) >= 11 is 0. The third-order valence-corrected chi connectivity index (χ3v) is 2.11. The molecule has 0 aromatic carbocycles. The highest BCUT2D eigenvalue weighted by Crippen LogP contribution is 2.52. The Kier molecular flexibility index (Phi) is 0.799. The van der Waals surface area contributed by atoms with Gasteiger partial charge in [0, 0.05) is 25.7 Å². The van der Waals surface area contributed by atoms with Gasteiger partial charge in [0.2, 0.25) is 11.7 Å². The van der Waals surface area contributed by atoms with E-state index in [2.05, 4.69) is 4.74 Å². The first-order chi connectivity index (χ1) is 4.12. The molecule has 2 bridgehead atoms. The Morgan fingerprint density at radius 1 is 0.889 bits per heavy atom. The van der Waals surface area contributed by atoms with E-state index in [1.54, 1.807) is 0 Å². The molecule has 0 aromatic heterocycles. The minimum atomic E-state index is -1.60. The maximum absolute atomic E-state index is 12.9. The molecule has 2 fully saturated rings. The predicted molar refractivity (Wildman–Crippen MR) is 27.2 cm³/mol. The Hall–Kier alpha value is -0.180. The predicted octanol–water partition coefficient (Wildman–Crippen LogP) is 1.92. The number of halogens is 2. The Morgan fingerprint density at radius 3 is 1.33 bits per heavy atom. The lowest BCUT2D eigenvalue weighted by molar-refractivity contribution is -0.175. The van der Waals surface area contributed by atoms with Crippen molar-refractivity contribution < 1.29 is 13.5 Å². The molecule has 0 saturated carbocycles. The number of hydrogen-bond acceptors (Lipinski definition) is 1. The molecular formula is C6H8F2O. The van der Waals surface area contributed by atoms with Gasteiger partial charge in [0.1, 0.15) is 0 Å². The third kappa shape index (κ3) is 0.674. The van der Waals surface area contributed by atoms with Gasteiger partial charge in [-0.1, -0.05) is 0 Å². The van der Waals surface area contributed by atoms with Crippen molar-refractivity contribution >= 4 is 0 Å². The van der Waals surface area contributed by atoms with Crippen molar-refractivity contribution in [1.29, 1.82) is 0 Å². The van der Waals surface area contributed by atoms with E-state index in [9.17, 15) is 8.78 Å². The van der Waals surface area contributed by atoms with Crippen LogP contribution in [0.25, 0.3) is 0 Å². The maximum Gasteiger partial charge on any atom is 0.212 e. The molecule has 2 heterocycles. The molecule has 52 valence electrons. The zero-order valence-corrected chi connectivity index (χ0v) is 4.99. The zero-order chi connectivity index (χ0) is 6.54. The number of alkyl halides is 2. The van der Waals surface area contributed by atoms with Crippen molar-refractivity contribution in [3.8, 4) is 0 Å².